The molecule has 94 valence electrons. The summed E-state index contributed by atoms with van der Waals surface area (Å²) < 4.78 is 5.05. The lowest BCUT2D eigenvalue weighted by molar-refractivity contribution is -0.158. The van der Waals surface area contributed by atoms with Crippen molar-refractivity contribution in [3.8, 4) is 0 Å². The predicted octanol–water partition coefficient (Wildman–Crippen LogP) is 2.52. The number of rotatable bonds is 7. The molecule has 2 unspecified atom stereocenters. The van der Waals surface area contributed by atoms with Gasteiger partial charge in [0.1, 0.15) is 0 Å². The highest BCUT2D eigenvalue weighted by Crippen LogP contribution is 2.40. The molecule has 0 spiro atoms. The average Bonchev–Trinajstić information content (AvgIpc) is 2.97. The van der Waals surface area contributed by atoms with Crippen LogP contribution in [0.3, 0.4) is 0 Å². The summed E-state index contributed by atoms with van der Waals surface area (Å²) in [6.45, 7) is 6.00. The van der Waals surface area contributed by atoms with E-state index in [2.05, 4.69) is 0 Å². The van der Waals surface area contributed by atoms with Crippen molar-refractivity contribution in [1.29, 1.82) is 0 Å². The van der Waals surface area contributed by atoms with Gasteiger partial charge in [0.2, 0.25) is 0 Å². The van der Waals surface area contributed by atoms with Gasteiger partial charge in [-0.25, -0.2) is 0 Å². The maximum absolute atomic E-state index is 11.8. The molecule has 1 fully saturated rings. The minimum absolute atomic E-state index is 0.241. The Hall–Kier alpha value is -0.570. The molecular weight excluding hydrogens is 204 g/mol. The second-order valence-corrected chi connectivity index (χ2v) is 5.10. The Bertz CT molecular complexity index is 231. The van der Waals surface area contributed by atoms with Crippen molar-refractivity contribution < 1.29 is 14.6 Å². The largest absolute Gasteiger partial charge is 0.466 e. The van der Waals surface area contributed by atoms with Crippen LogP contribution in [0.25, 0.3) is 0 Å². The van der Waals surface area contributed by atoms with Gasteiger partial charge < -0.3 is 9.84 Å². The third-order valence-corrected chi connectivity index (χ3v) is 3.30. The molecule has 0 radical (unpaired) electrons. The number of hydrogen-bond acceptors (Lipinski definition) is 3. The molecule has 3 nitrogen and oxygen atoms in total. The second kappa shape index (κ2) is 5.67. The van der Waals surface area contributed by atoms with Crippen LogP contribution in [0.1, 0.15) is 52.9 Å². The Morgan fingerprint density at radius 1 is 1.50 bits per heavy atom. The highest BCUT2D eigenvalue weighted by Gasteiger charge is 2.41. The van der Waals surface area contributed by atoms with Crippen molar-refractivity contribution in [2.75, 3.05) is 6.61 Å². The summed E-state index contributed by atoms with van der Waals surface area (Å²) in [6.07, 6.45) is 4.72. The molecule has 0 saturated heterocycles. The van der Waals surface area contributed by atoms with E-state index in [9.17, 15) is 9.90 Å². The molecule has 2 atom stereocenters. The molecule has 0 aromatic rings. The molecule has 0 bridgehead atoms. The van der Waals surface area contributed by atoms with E-state index in [0.717, 1.165) is 12.8 Å². The van der Waals surface area contributed by atoms with E-state index >= 15 is 0 Å². The fraction of sp³-hybridized carbons (Fsp3) is 0.923. The van der Waals surface area contributed by atoms with E-state index in [1.165, 1.54) is 12.8 Å². The molecule has 0 aromatic carbocycles. The summed E-state index contributed by atoms with van der Waals surface area (Å²) in [6, 6.07) is 0. The minimum atomic E-state index is -0.899. The normalized spacial score (nSPS) is 21.2. The summed E-state index contributed by atoms with van der Waals surface area (Å²) in [7, 11) is 0. The Morgan fingerprint density at radius 3 is 2.56 bits per heavy atom. The highest BCUT2D eigenvalue weighted by atomic mass is 16.5. The molecule has 1 N–H and O–H groups in total. The van der Waals surface area contributed by atoms with Crippen molar-refractivity contribution in [3.05, 3.63) is 0 Å². The topological polar surface area (TPSA) is 46.5 Å². The third-order valence-electron chi connectivity index (χ3n) is 3.30. The molecule has 1 aliphatic carbocycles. The quantitative estimate of drug-likeness (QED) is 0.681. The van der Waals surface area contributed by atoms with Crippen LogP contribution < -0.4 is 0 Å². The fourth-order valence-electron chi connectivity index (χ4n) is 2.26. The van der Waals surface area contributed by atoms with Crippen LogP contribution in [0.2, 0.25) is 0 Å². The number of carbonyl (C=O) groups excluding carboxylic acids is 1. The molecule has 1 rings (SSSR count). The monoisotopic (exact) mass is 228 g/mol. The Balaban J connectivity index is 2.61. The van der Waals surface area contributed by atoms with Gasteiger partial charge in [-0.2, -0.15) is 0 Å². The first kappa shape index (κ1) is 13.5. The first-order chi connectivity index (χ1) is 7.51. The van der Waals surface area contributed by atoms with Gasteiger partial charge in [0, 0.05) is 0 Å². The Morgan fingerprint density at radius 2 is 2.12 bits per heavy atom. The summed E-state index contributed by atoms with van der Waals surface area (Å²) >= 11 is 0. The predicted molar refractivity (Wildman–Crippen MR) is 63.0 cm³/mol. The lowest BCUT2D eigenvalue weighted by Crippen LogP contribution is -2.41. The van der Waals surface area contributed by atoms with Gasteiger partial charge in [-0.15, -0.1) is 0 Å². The standard InChI is InChI=1S/C13H24O3/c1-4-6-11(12(14)16-5-2)13(3,15)9-10-7-8-10/h10-11,15H,4-9H2,1-3H3. The van der Waals surface area contributed by atoms with Crippen molar-refractivity contribution in [3.63, 3.8) is 0 Å². The van der Waals surface area contributed by atoms with Crippen molar-refractivity contribution in [2.45, 2.75) is 58.5 Å². The average molecular weight is 228 g/mol. The molecule has 0 amide bonds. The summed E-state index contributed by atoms with van der Waals surface area (Å²) in [5, 5.41) is 10.4. The number of ether oxygens (including phenoxy) is 1. The molecular formula is C13H24O3. The smallest absolute Gasteiger partial charge is 0.311 e. The number of esters is 1. The number of aliphatic hydroxyl groups is 1. The maximum Gasteiger partial charge on any atom is 0.311 e. The molecule has 1 aliphatic rings. The molecule has 0 aromatic heterocycles. The van der Waals surface area contributed by atoms with Crippen LogP contribution in [-0.2, 0) is 9.53 Å². The van der Waals surface area contributed by atoms with E-state index in [0.29, 0.717) is 18.9 Å². The van der Waals surface area contributed by atoms with Gasteiger partial charge in [0.15, 0.2) is 0 Å². The van der Waals surface area contributed by atoms with Gasteiger partial charge >= 0.3 is 5.97 Å². The van der Waals surface area contributed by atoms with Crippen LogP contribution in [0.5, 0.6) is 0 Å². The van der Waals surface area contributed by atoms with Crippen LogP contribution in [0, 0.1) is 11.8 Å². The van der Waals surface area contributed by atoms with Crippen LogP contribution in [0.15, 0.2) is 0 Å². The summed E-state index contributed by atoms with van der Waals surface area (Å²) in [5.41, 5.74) is -0.899. The first-order valence-corrected chi connectivity index (χ1v) is 6.40. The minimum Gasteiger partial charge on any atom is -0.466 e. The van der Waals surface area contributed by atoms with E-state index in [-0.39, 0.29) is 11.9 Å². The molecule has 0 aliphatic heterocycles. The zero-order valence-corrected chi connectivity index (χ0v) is 10.7. The van der Waals surface area contributed by atoms with Gasteiger partial charge in [0.05, 0.1) is 18.1 Å². The van der Waals surface area contributed by atoms with Crippen molar-refractivity contribution >= 4 is 5.97 Å². The molecule has 0 heterocycles. The first-order valence-electron chi connectivity index (χ1n) is 6.40. The van der Waals surface area contributed by atoms with Crippen LogP contribution in [-0.4, -0.2) is 23.3 Å². The summed E-state index contributed by atoms with van der Waals surface area (Å²) in [5.74, 6) is 0.0110. The number of hydrogen-bond donors (Lipinski definition) is 1. The lowest BCUT2D eigenvalue weighted by Gasteiger charge is -2.31. The van der Waals surface area contributed by atoms with Gasteiger partial charge in [0.25, 0.3) is 0 Å². The van der Waals surface area contributed by atoms with Gasteiger partial charge in [-0.05, 0) is 32.6 Å². The van der Waals surface area contributed by atoms with Crippen LogP contribution >= 0.6 is 0 Å². The van der Waals surface area contributed by atoms with Crippen LogP contribution in [0.4, 0.5) is 0 Å². The second-order valence-electron chi connectivity index (χ2n) is 5.10. The molecule has 16 heavy (non-hydrogen) atoms. The fourth-order valence-corrected chi connectivity index (χ4v) is 2.26. The third kappa shape index (κ3) is 3.78. The maximum atomic E-state index is 11.8. The van der Waals surface area contributed by atoms with Crippen molar-refractivity contribution in [2.24, 2.45) is 11.8 Å². The SMILES string of the molecule is CCCC(C(=O)OCC)C(C)(O)CC1CC1. The van der Waals surface area contributed by atoms with Gasteiger partial charge in [-0.3, -0.25) is 4.79 Å². The Kier molecular flexibility index (Phi) is 4.78. The molecule has 3 heteroatoms. The zero-order valence-electron chi connectivity index (χ0n) is 10.7. The zero-order chi connectivity index (χ0) is 12.2. The highest BCUT2D eigenvalue weighted by molar-refractivity contribution is 5.73. The van der Waals surface area contributed by atoms with E-state index in [1.807, 2.05) is 6.92 Å². The number of carbonyl (C=O) groups is 1. The molecule has 1 saturated carbocycles. The summed E-state index contributed by atoms with van der Waals surface area (Å²) in [4.78, 5) is 11.8. The van der Waals surface area contributed by atoms with Crippen molar-refractivity contribution in [1.82, 2.24) is 0 Å². The van der Waals surface area contributed by atoms with E-state index in [4.69, 9.17) is 4.74 Å². The van der Waals surface area contributed by atoms with E-state index in [1.54, 1.807) is 13.8 Å². The van der Waals surface area contributed by atoms with Gasteiger partial charge in [-0.1, -0.05) is 26.2 Å². The Labute approximate surface area is 98.2 Å². The van der Waals surface area contributed by atoms with E-state index < -0.39 is 5.60 Å². The lowest BCUT2D eigenvalue weighted by atomic mass is 9.82.